The van der Waals surface area contributed by atoms with Gasteiger partial charge in [0, 0.05) is 4.47 Å². The van der Waals surface area contributed by atoms with Crippen LogP contribution in [0.4, 0.5) is 5.69 Å². The Morgan fingerprint density at radius 1 is 1.05 bits per heavy atom. The molecule has 2 aromatic carbocycles. The molecule has 6 nitrogen and oxygen atoms in total. The maximum Gasteiger partial charge on any atom is 0.339 e. The molecule has 4 N–H and O–H groups in total. The second kappa shape index (κ2) is 5.84. The van der Waals surface area contributed by atoms with Crippen LogP contribution in [0.5, 0.6) is 11.5 Å². The Morgan fingerprint density at radius 3 is 2.43 bits per heavy atom. The minimum absolute atomic E-state index is 0.00972. The van der Waals surface area contributed by atoms with Crippen molar-refractivity contribution in [1.82, 2.24) is 0 Å². The first-order valence-electron chi connectivity index (χ1n) is 5.75. The van der Waals surface area contributed by atoms with Crippen LogP contribution in [0.25, 0.3) is 0 Å². The number of anilines is 1. The van der Waals surface area contributed by atoms with Crippen molar-refractivity contribution in [3.8, 4) is 11.5 Å². The zero-order valence-corrected chi connectivity index (χ0v) is 12.1. The normalized spacial score (nSPS) is 10.1. The van der Waals surface area contributed by atoms with E-state index < -0.39 is 17.6 Å². The molecule has 21 heavy (non-hydrogen) atoms. The predicted molar refractivity (Wildman–Crippen MR) is 78.8 cm³/mol. The van der Waals surface area contributed by atoms with Gasteiger partial charge in [0.2, 0.25) is 0 Å². The summed E-state index contributed by atoms with van der Waals surface area (Å²) in [6.07, 6.45) is 0. The second-order valence-electron chi connectivity index (χ2n) is 4.12. The molecule has 0 saturated heterocycles. The van der Waals surface area contributed by atoms with Crippen molar-refractivity contribution in [2.45, 2.75) is 0 Å². The van der Waals surface area contributed by atoms with E-state index in [1.165, 1.54) is 30.3 Å². The van der Waals surface area contributed by atoms with Gasteiger partial charge in [-0.1, -0.05) is 22.0 Å². The fraction of sp³-hybridized carbons (Fsp3) is 0. The number of nitrogens with one attached hydrogen (secondary N) is 1. The summed E-state index contributed by atoms with van der Waals surface area (Å²) < 4.78 is 0.592. The molecule has 0 spiro atoms. The predicted octanol–water partition coefficient (Wildman–Crippen LogP) is 2.81. The second-order valence-corrected chi connectivity index (χ2v) is 5.04. The van der Waals surface area contributed by atoms with E-state index in [9.17, 15) is 19.8 Å². The summed E-state index contributed by atoms with van der Waals surface area (Å²) in [6.45, 7) is 0. The fourth-order valence-corrected chi connectivity index (χ4v) is 2.06. The van der Waals surface area contributed by atoms with Crippen LogP contribution in [0.2, 0.25) is 0 Å². The summed E-state index contributed by atoms with van der Waals surface area (Å²) >= 11 is 3.18. The first-order valence-corrected chi connectivity index (χ1v) is 6.54. The molecule has 0 aliphatic heterocycles. The maximum atomic E-state index is 12.1. The van der Waals surface area contributed by atoms with Crippen LogP contribution in [0.3, 0.4) is 0 Å². The van der Waals surface area contributed by atoms with E-state index in [1.54, 1.807) is 6.07 Å². The van der Waals surface area contributed by atoms with Crippen molar-refractivity contribution in [2.75, 3.05) is 5.32 Å². The van der Waals surface area contributed by atoms with E-state index in [1.807, 2.05) is 0 Å². The van der Waals surface area contributed by atoms with Crippen molar-refractivity contribution < 1.29 is 24.9 Å². The fourth-order valence-electron chi connectivity index (χ4n) is 1.70. The molecule has 0 aliphatic carbocycles. The van der Waals surface area contributed by atoms with Crippen LogP contribution in [0.15, 0.2) is 40.9 Å². The molecule has 2 aromatic rings. The van der Waals surface area contributed by atoms with Gasteiger partial charge in [-0.2, -0.15) is 0 Å². The molecule has 0 aromatic heterocycles. The van der Waals surface area contributed by atoms with Crippen molar-refractivity contribution in [3.05, 3.63) is 52.0 Å². The number of hydrogen-bond donors (Lipinski definition) is 4. The SMILES string of the molecule is O=C(Nc1cccc(C(=O)O)c1O)c1cc(Br)ccc1O. The molecule has 0 fully saturated rings. The smallest absolute Gasteiger partial charge is 0.339 e. The third-order valence-electron chi connectivity index (χ3n) is 2.72. The molecule has 7 heteroatoms. The number of hydrogen-bond acceptors (Lipinski definition) is 4. The number of para-hydroxylation sites is 1. The standard InChI is InChI=1S/C14H10BrNO5/c15-7-4-5-11(17)9(6-7)13(19)16-10-3-1-2-8(12(10)18)14(20)21/h1-6,17-18H,(H,16,19)(H,20,21). The van der Waals surface area contributed by atoms with Gasteiger partial charge in [-0.05, 0) is 30.3 Å². The Labute approximate surface area is 127 Å². The van der Waals surface area contributed by atoms with Crippen molar-refractivity contribution in [3.63, 3.8) is 0 Å². The van der Waals surface area contributed by atoms with E-state index in [-0.39, 0.29) is 22.6 Å². The Hall–Kier alpha value is -2.54. The third-order valence-corrected chi connectivity index (χ3v) is 3.21. The van der Waals surface area contributed by atoms with Crippen LogP contribution < -0.4 is 5.32 Å². The number of phenols is 2. The van der Waals surface area contributed by atoms with Gasteiger partial charge in [0.1, 0.15) is 11.3 Å². The van der Waals surface area contributed by atoms with E-state index in [2.05, 4.69) is 21.2 Å². The number of rotatable bonds is 3. The number of aromatic carboxylic acids is 1. The molecular formula is C14H10BrNO5. The number of carbonyl (C=O) groups is 2. The highest BCUT2D eigenvalue weighted by Gasteiger charge is 2.17. The molecule has 0 aliphatic rings. The molecule has 0 heterocycles. The van der Waals surface area contributed by atoms with E-state index in [0.717, 1.165) is 0 Å². The van der Waals surface area contributed by atoms with Crippen molar-refractivity contribution in [2.24, 2.45) is 0 Å². The van der Waals surface area contributed by atoms with Gasteiger partial charge in [0.05, 0.1) is 11.3 Å². The average Bonchev–Trinajstić information content (AvgIpc) is 2.43. The number of carboxylic acid groups (broad SMARTS) is 1. The van der Waals surface area contributed by atoms with Crippen LogP contribution in [-0.2, 0) is 0 Å². The molecule has 0 radical (unpaired) electrons. The lowest BCUT2D eigenvalue weighted by Gasteiger charge is -2.10. The van der Waals surface area contributed by atoms with E-state index >= 15 is 0 Å². The number of carboxylic acids is 1. The molecule has 0 saturated carbocycles. The molecule has 2 rings (SSSR count). The maximum absolute atomic E-state index is 12.1. The van der Waals surface area contributed by atoms with Crippen molar-refractivity contribution in [1.29, 1.82) is 0 Å². The van der Waals surface area contributed by atoms with Crippen LogP contribution in [0, 0.1) is 0 Å². The van der Waals surface area contributed by atoms with E-state index in [4.69, 9.17) is 5.11 Å². The number of phenolic OH excluding ortho intramolecular Hbond substituents is 1. The lowest BCUT2D eigenvalue weighted by molar-refractivity contribution is 0.0693. The zero-order valence-electron chi connectivity index (χ0n) is 10.5. The lowest BCUT2D eigenvalue weighted by Crippen LogP contribution is -2.13. The summed E-state index contributed by atoms with van der Waals surface area (Å²) in [5, 5.41) is 30.7. The zero-order chi connectivity index (χ0) is 15.6. The first kappa shape index (κ1) is 14.9. The highest BCUT2D eigenvalue weighted by atomic mass is 79.9. The highest BCUT2D eigenvalue weighted by Crippen LogP contribution is 2.29. The summed E-state index contributed by atoms with van der Waals surface area (Å²) in [4.78, 5) is 23.0. The lowest BCUT2D eigenvalue weighted by atomic mass is 10.1. The Bertz CT molecular complexity index is 729. The van der Waals surface area contributed by atoms with Gasteiger partial charge in [0.15, 0.2) is 5.75 Å². The Balaban J connectivity index is 2.34. The van der Waals surface area contributed by atoms with Crippen molar-refractivity contribution >= 4 is 33.5 Å². The third kappa shape index (κ3) is 3.14. The molecule has 0 atom stereocenters. The molecule has 1 amide bonds. The quantitative estimate of drug-likeness (QED) is 0.636. The van der Waals surface area contributed by atoms with Gasteiger partial charge < -0.3 is 20.6 Å². The summed E-state index contributed by atoms with van der Waals surface area (Å²) in [7, 11) is 0. The topological polar surface area (TPSA) is 107 Å². The number of halogens is 1. The molecular weight excluding hydrogens is 342 g/mol. The summed E-state index contributed by atoms with van der Waals surface area (Å²) in [5.74, 6) is -2.77. The first-order chi connectivity index (χ1) is 9.90. The minimum Gasteiger partial charge on any atom is -0.507 e. The number of benzene rings is 2. The van der Waals surface area contributed by atoms with Crippen LogP contribution in [-0.4, -0.2) is 27.2 Å². The van der Waals surface area contributed by atoms with Crippen LogP contribution in [0.1, 0.15) is 20.7 Å². The largest absolute Gasteiger partial charge is 0.507 e. The van der Waals surface area contributed by atoms with Gasteiger partial charge in [-0.25, -0.2) is 4.79 Å². The van der Waals surface area contributed by atoms with Gasteiger partial charge in [-0.15, -0.1) is 0 Å². The summed E-state index contributed by atoms with van der Waals surface area (Å²) in [5.41, 5.74) is -0.393. The number of amides is 1. The highest BCUT2D eigenvalue weighted by molar-refractivity contribution is 9.10. The summed E-state index contributed by atoms with van der Waals surface area (Å²) in [6, 6.07) is 8.27. The Kier molecular flexibility index (Phi) is 4.13. The average molecular weight is 352 g/mol. The number of aromatic hydroxyl groups is 2. The minimum atomic E-state index is -1.31. The van der Waals surface area contributed by atoms with Gasteiger partial charge in [-0.3, -0.25) is 4.79 Å². The van der Waals surface area contributed by atoms with Gasteiger partial charge >= 0.3 is 5.97 Å². The molecule has 108 valence electrons. The molecule has 0 bridgehead atoms. The molecule has 0 unspecified atom stereocenters. The monoisotopic (exact) mass is 351 g/mol. The van der Waals surface area contributed by atoms with Crippen LogP contribution >= 0.6 is 15.9 Å². The van der Waals surface area contributed by atoms with Gasteiger partial charge in [0.25, 0.3) is 5.91 Å². The number of carbonyl (C=O) groups excluding carboxylic acids is 1. The van der Waals surface area contributed by atoms with E-state index in [0.29, 0.717) is 4.47 Å². The Morgan fingerprint density at radius 2 is 1.76 bits per heavy atom.